The number of alkyl halides is 3. The van der Waals surface area contributed by atoms with Crippen molar-refractivity contribution in [3.05, 3.63) is 23.9 Å². The first-order valence-electron chi connectivity index (χ1n) is 9.07. The van der Waals surface area contributed by atoms with Gasteiger partial charge < -0.3 is 14.5 Å². The summed E-state index contributed by atoms with van der Waals surface area (Å²) in [5.41, 5.74) is -0.903. The van der Waals surface area contributed by atoms with Crippen LogP contribution < -0.4 is 4.90 Å². The zero-order chi connectivity index (χ0) is 18.4. The number of ether oxygens (including phenoxy) is 1. The molecule has 4 rings (SSSR count). The van der Waals surface area contributed by atoms with Gasteiger partial charge in [0.15, 0.2) is 0 Å². The van der Waals surface area contributed by atoms with Crippen molar-refractivity contribution in [1.29, 1.82) is 0 Å². The average Bonchev–Trinajstić information content (AvgIpc) is 3.12. The molecule has 1 amide bonds. The molecule has 3 fully saturated rings. The second-order valence-electron chi connectivity index (χ2n) is 7.42. The van der Waals surface area contributed by atoms with Crippen molar-refractivity contribution < 1.29 is 22.7 Å². The molecule has 0 radical (unpaired) electrons. The third-order valence-corrected chi connectivity index (χ3v) is 5.88. The molecule has 0 N–H and O–H groups in total. The number of anilines is 1. The molecule has 4 heterocycles. The average molecular weight is 369 g/mol. The number of amides is 1. The smallest absolute Gasteiger partial charge is 0.379 e. The van der Waals surface area contributed by atoms with Gasteiger partial charge >= 0.3 is 6.18 Å². The van der Waals surface area contributed by atoms with Gasteiger partial charge in [0.25, 0.3) is 0 Å². The van der Waals surface area contributed by atoms with E-state index in [2.05, 4.69) is 4.98 Å². The van der Waals surface area contributed by atoms with E-state index in [0.717, 1.165) is 25.5 Å². The Hall–Kier alpha value is -1.83. The highest BCUT2D eigenvalue weighted by Crippen LogP contribution is 2.41. The van der Waals surface area contributed by atoms with Crippen LogP contribution in [0.2, 0.25) is 0 Å². The van der Waals surface area contributed by atoms with E-state index in [1.165, 1.54) is 12.3 Å². The Morgan fingerprint density at radius 1 is 1.31 bits per heavy atom. The molecule has 1 aromatic heterocycles. The number of likely N-dealkylation sites (tertiary alicyclic amines) is 1. The van der Waals surface area contributed by atoms with Gasteiger partial charge in [-0.05, 0) is 37.8 Å². The molecule has 0 saturated carbocycles. The summed E-state index contributed by atoms with van der Waals surface area (Å²) >= 11 is 0. The number of carbonyl (C=O) groups excluding carboxylic acids is 1. The quantitative estimate of drug-likeness (QED) is 0.804. The van der Waals surface area contributed by atoms with E-state index in [0.29, 0.717) is 32.6 Å². The van der Waals surface area contributed by atoms with Crippen molar-refractivity contribution in [2.24, 2.45) is 5.92 Å². The highest BCUT2D eigenvalue weighted by molar-refractivity contribution is 5.81. The highest BCUT2D eigenvalue weighted by atomic mass is 19.4. The molecule has 2 unspecified atom stereocenters. The third kappa shape index (κ3) is 2.94. The molecule has 1 spiro atoms. The predicted octanol–water partition coefficient (Wildman–Crippen LogP) is 2.71. The van der Waals surface area contributed by atoms with Crippen LogP contribution >= 0.6 is 0 Å². The summed E-state index contributed by atoms with van der Waals surface area (Å²) in [4.78, 5) is 20.5. The number of halogens is 3. The van der Waals surface area contributed by atoms with E-state index in [4.69, 9.17) is 4.74 Å². The SMILES string of the molecule is O=C(C1CCCN(c2ncccc2C(F)(F)F)C1)N1CCC12CCOC2. The fourth-order valence-electron chi connectivity index (χ4n) is 4.35. The van der Waals surface area contributed by atoms with Gasteiger partial charge in [-0.2, -0.15) is 13.2 Å². The summed E-state index contributed by atoms with van der Waals surface area (Å²) in [5, 5.41) is 0. The van der Waals surface area contributed by atoms with Gasteiger partial charge in [-0.1, -0.05) is 0 Å². The maximum Gasteiger partial charge on any atom is 0.419 e. The third-order valence-electron chi connectivity index (χ3n) is 5.88. The van der Waals surface area contributed by atoms with Gasteiger partial charge in [0.1, 0.15) is 5.82 Å². The van der Waals surface area contributed by atoms with E-state index in [1.54, 1.807) is 4.90 Å². The summed E-state index contributed by atoms with van der Waals surface area (Å²) in [6.45, 7) is 2.73. The summed E-state index contributed by atoms with van der Waals surface area (Å²) in [6.07, 6.45) is 0.111. The summed E-state index contributed by atoms with van der Waals surface area (Å²) in [5.74, 6) is -0.305. The second-order valence-corrected chi connectivity index (χ2v) is 7.42. The largest absolute Gasteiger partial charge is 0.419 e. The van der Waals surface area contributed by atoms with Gasteiger partial charge in [0.05, 0.1) is 23.6 Å². The Bertz CT molecular complexity index is 689. The van der Waals surface area contributed by atoms with E-state index < -0.39 is 11.7 Å². The monoisotopic (exact) mass is 369 g/mol. The Kier molecular flexibility index (Phi) is 4.33. The van der Waals surface area contributed by atoms with Gasteiger partial charge in [-0.15, -0.1) is 0 Å². The predicted molar refractivity (Wildman–Crippen MR) is 88.7 cm³/mol. The Balaban J connectivity index is 1.51. The first-order chi connectivity index (χ1) is 12.4. The van der Waals surface area contributed by atoms with Gasteiger partial charge in [-0.25, -0.2) is 4.98 Å². The Morgan fingerprint density at radius 3 is 2.81 bits per heavy atom. The molecule has 3 aliphatic rings. The zero-order valence-corrected chi connectivity index (χ0v) is 14.5. The van der Waals surface area contributed by atoms with Crippen molar-refractivity contribution >= 4 is 11.7 Å². The van der Waals surface area contributed by atoms with Crippen molar-refractivity contribution in [3.63, 3.8) is 0 Å². The molecule has 8 heteroatoms. The number of rotatable bonds is 2. The van der Waals surface area contributed by atoms with Crippen LogP contribution in [0, 0.1) is 5.92 Å². The first-order valence-corrected chi connectivity index (χ1v) is 9.07. The minimum absolute atomic E-state index is 0.0518. The Morgan fingerprint density at radius 2 is 2.15 bits per heavy atom. The van der Waals surface area contributed by atoms with Gasteiger partial charge in [0.2, 0.25) is 5.91 Å². The van der Waals surface area contributed by atoms with E-state index >= 15 is 0 Å². The number of nitrogens with zero attached hydrogens (tertiary/aromatic N) is 3. The standard InChI is InChI=1S/C18H22F3N3O2/c19-18(20,21)14-4-1-7-22-15(14)23-8-2-3-13(11-23)16(25)24-9-5-17(24)6-10-26-12-17/h1,4,7,13H,2-3,5-6,8-12H2. The summed E-state index contributed by atoms with van der Waals surface area (Å²) in [6, 6.07) is 2.34. The lowest BCUT2D eigenvalue weighted by molar-refractivity contribution is -0.152. The van der Waals surface area contributed by atoms with E-state index in [-0.39, 0.29) is 29.7 Å². The molecular formula is C18H22F3N3O2. The molecule has 142 valence electrons. The second kappa shape index (κ2) is 6.40. The molecular weight excluding hydrogens is 347 g/mol. The van der Waals surface area contributed by atoms with Crippen molar-refractivity contribution in [2.45, 2.75) is 37.4 Å². The van der Waals surface area contributed by atoms with Crippen LogP contribution in [0.15, 0.2) is 18.3 Å². The van der Waals surface area contributed by atoms with Crippen molar-refractivity contribution in [2.75, 3.05) is 37.7 Å². The lowest BCUT2D eigenvalue weighted by atomic mass is 9.81. The highest BCUT2D eigenvalue weighted by Gasteiger charge is 2.51. The molecule has 26 heavy (non-hydrogen) atoms. The fraction of sp³-hybridized carbons (Fsp3) is 0.667. The van der Waals surface area contributed by atoms with Crippen molar-refractivity contribution in [3.8, 4) is 0 Å². The Labute approximate surface area is 150 Å². The fourth-order valence-corrected chi connectivity index (χ4v) is 4.35. The topological polar surface area (TPSA) is 45.7 Å². The van der Waals surface area contributed by atoms with Crippen LogP contribution in [0.25, 0.3) is 0 Å². The molecule has 3 aliphatic heterocycles. The van der Waals surface area contributed by atoms with E-state index in [9.17, 15) is 18.0 Å². The van der Waals surface area contributed by atoms with Crippen molar-refractivity contribution in [1.82, 2.24) is 9.88 Å². The van der Waals surface area contributed by atoms with Crippen LogP contribution in [0.1, 0.15) is 31.2 Å². The molecule has 1 aromatic rings. The number of hydrogen-bond acceptors (Lipinski definition) is 4. The number of carbonyl (C=O) groups is 1. The zero-order valence-electron chi connectivity index (χ0n) is 14.5. The maximum absolute atomic E-state index is 13.3. The minimum atomic E-state index is -4.46. The van der Waals surface area contributed by atoms with Gasteiger partial charge in [0, 0.05) is 32.4 Å². The number of piperidine rings is 1. The summed E-state index contributed by atoms with van der Waals surface area (Å²) in [7, 11) is 0. The molecule has 5 nitrogen and oxygen atoms in total. The molecule has 0 aliphatic carbocycles. The van der Waals surface area contributed by atoms with Crippen LogP contribution in [-0.2, 0) is 15.7 Å². The molecule has 3 saturated heterocycles. The van der Waals surface area contributed by atoms with Crippen LogP contribution in [0.3, 0.4) is 0 Å². The lowest BCUT2D eigenvalue weighted by Gasteiger charge is -2.51. The first kappa shape index (κ1) is 17.6. The normalized spacial score (nSPS) is 29.1. The number of hydrogen-bond donors (Lipinski definition) is 0. The molecule has 0 aromatic carbocycles. The van der Waals surface area contributed by atoms with Crippen LogP contribution in [0.5, 0.6) is 0 Å². The number of aromatic nitrogens is 1. The number of pyridine rings is 1. The lowest BCUT2D eigenvalue weighted by Crippen LogP contribution is -2.64. The maximum atomic E-state index is 13.3. The molecule has 0 bridgehead atoms. The van der Waals surface area contributed by atoms with Crippen LogP contribution in [-0.4, -0.2) is 54.2 Å². The van der Waals surface area contributed by atoms with E-state index in [1.807, 2.05) is 4.90 Å². The summed E-state index contributed by atoms with van der Waals surface area (Å²) < 4.78 is 45.4. The van der Waals surface area contributed by atoms with Crippen LogP contribution in [0.4, 0.5) is 19.0 Å². The van der Waals surface area contributed by atoms with Gasteiger partial charge in [-0.3, -0.25) is 4.79 Å². The molecule has 2 atom stereocenters. The minimum Gasteiger partial charge on any atom is -0.379 e.